The molecule has 1 heterocycles. The summed E-state index contributed by atoms with van der Waals surface area (Å²) in [5.41, 5.74) is 2.15. The van der Waals surface area contributed by atoms with Gasteiger partial charge in [0.15, 0.2) is 0 Å². The minimum Gasteiger partial charge on any atom is -0.310 e. The average molecular weight is 330 g/mol. The number of benzene rings is 1. The first-order chi connectivity index (χ1) is 9.59. The van der Waals surface area contributed by atoms with Gasteiger partial charge in [0, 0.05) is 18.4 Å². The molecule has 2 rings (SSSR count). The van der Waals surface area contributed by atoms with Gasteiger partial charge in [-0.05, 0) is 43.1 Å². The first-order valence-electron chi connectivity index (χ1n) is 6.35. The first kappa shape index (κ1) is 15.6. The lowest BCUT2D eigenvalue weighted by molar-refractivity contribution is 0.576. The summed E-state index contributed by atoms with van der Waals surface area (Å²) >= 11 is 18.2. The van der Waals surface area contributed by atoms with Gasteiger partial charge in [-0.15, -0.1) is 0 Å². The van der Waals surface area contributed by atoms with E-state index in [9.17, 15) is 0 Å². The summed E-state index contributed by atoms with van der Waals surface area (Å²) in [6, 6.07) is 7.77. The van der Waals surface area contributed by atoms with Gasteiger partial charge in [0.25, 0.3) is 0 Å². The molecule has 0 amide bonds. The molecule has 106 valence electrons. The van der Waals surface area contributed by atoms with Gasteiger partial charge in [0.1, 0.15) is 0 Å². The predicted octanol–water partition coefficient (Wildman–Crippen LogP) is 4.94. The summed E-state index contributed by atoms with van der Waals surface area (Å²) in [6.07, 6.45) is 4.56. The van der Waals surface area contributed by atoms with Crippen molar-refractivity contribution in [1.29, 1.82) is 0 Å². The molecule has 1 unspecified atom stereocenters. The molecule has 0 aliphatic carbocycles. The molecule has 0 saturated heterocycles. The zero-order valence-corrected chi connectivity index (χ0v) is 13.3. The highest BCUT2D eigenvalue weighted by molar-refractivity contribution is 6.48. The molecule has 0 spiro atoms. The quantitative estimate of drug-likeness (QED) is 0.786. The molecule has 0 aliphatic heterocycles. The van der Waals surface area contributed by atoms with Crippen molar-refractivity contribution in [2.45, 2.75) is 19.4 Å². The second kappa shape index (κ2) is 7.28. The Morgan fingerprint density at radius 3 is 2.65 bits per heavy atom. The first-order valence-corrected chi connectivity index (χ1v) is 7.48. The number of aromatic nitrogens is 1. The van der Waals surface area contributed by atoms with Gasteiger partial charge in [-0.25, -0.2) is 0 Å². The number of hydrogen-bond donors (Lipinski definition) is 1. The minimum absolute atomic E-state index is 0.105. The third-order valence-corrected chi connectivity index (χ3v) is 4.43. The van der Waals surface area contributed by atoms with E-state index in [2.05, 4.69) is 23.3 Å². The Balaban J connectivity index is 1.95. The number of nitrogens with zero attached hydrogens (tertiary/aromatic N) is 1. The molecule has 20 heavy (non-hydrogen) atoms. The van der Waals surface area contributed by atoms with E-state index in [-0.39, 0.29) is 6.04 Å². The monoisotopic (exact) mass is 328 g/mol. The molecule has 0 bridgehead atoms. The topological polar surface area (TPSA) is 24.9 Å². The zero-order chi connectivity index (χ0) is 14.5. The highest BCUT2D eigenvalue weighted by Gasteiger charge is 2.13. The molecule has 1 aromatic heterocycles. The van der Waals surface area contributed by atoms with Crippen molar-refractivity contribution in [2.24, 2.45) is 0 Å². The van der Waals surface area contributed by atoms with Crippen LogP contribution in [-0.4, -0.2) is 11.5 Å². The van der Waals surface area contributed by atoms with Crippen molar-refractivity contribution in [2.75, 3.05) is 6.54 Å². The normalized spacial score (nSPS) is 12.4. The molecule has 1 atom stereocenters. The second-order valence-corrected chi connectivity index (χ2v) is 5.71. The van der Waals surface area contributed by atoms with Crippen molar-refractivity contribution in [3.8, 4) is 0 Å². The maximum atomic E-state index is 6.22. The van der Waals surface area contributed by atoms with Gasteiger partial charge in [-0.1, -0.05) is 46.9 Å². The molecular weight excluding hydrogens is 315 g/mol. The largest absolute Gasteiger partial charge is 0.310 e. The molecule has 2 aromatic rings. The van der Waals surface area contributed by atoms with E-state index in [0.29, 0.717) is 15.1 Å². The minimum atomic E-state index is 0.105. The number of hydrogen-bond acceptors (Lipinski definition) is 2. The van der Waals surface area contributed by atoms with Crippen LogP contribution in [0.4, 0.5) is 0 Å². The summed E-state index contributed by atoms with van der Waals surface area (Å²) in [6.45, 7) is 2.89. The number of rotatable bonds is 5. The van der Waals surface area contributed by atoms with Crippen LogP contribution < -0.4 is 5.32 Å². The Hall–Kier alpha value is -0.800. The van der Waals surface area contributed by atoms with Crippen molar-refractivity contribution >= 4 is 34.8 Å². The number of pyridine rings is 1. The summed E-state index contributed by atoms with van der Waals surface area (Å²) in [5, 5.41) is 4.82. The highest BCUT2D eigenvalue weighted by atomic mass is 35.5. The van der Waals surface area contributed by atoms with E-state index < -0.39 is 0 Å². The van der Waals surface area contributed by atoms with Crippen molar-refractivity contribution in [1.82, 2.24) is 10.3 Å². The molecule has 0 fully saturated rings. The van der Waals surface area contributed by atoms with Crippen LogP contribution in [0, 0.1) is 0 Å². The van der Waals surface area contributed by atoms with E-state index in [0.717, 1.165) is 18.5 Å². The lowest BCUT2D eigenvalue weighted by Gasteiger charge is -2.16. The molecule has 2 nitrogen and oxygen atoms in total. The van der Waals surface area contributed by atoms with Crippen LogP contribution in [0.1, 0.15) is 24.1 Å². The fourth-order valence-electron chi connectivity index (χ4n) is 1.96. The van der Waals surface area contributed by atoms with Crippen LogP contribution in [-0.2, 0) is 6.42 Å². The molecule has 1 N–H and O–H groups in total. The molecule has 0 radical (unpaired) electrons. The van der Waals surface area contributed by atoms with Crippen molar-refractivity contribution < 1.29 is 0 Å². The summed E-state index contributed by atoms with van der Waals surface area (Å²) in [7, 11) is 0. The van der Waals surface area contributed by atoms with Gasteiger partial charge >= 0.3 is 0 Å². The standard InChI is InChI=1S/C15H15Cl3N2/c1-10(12-4-5-13(16)15(18)14(12)17)20-8-6-11-3-2-7-19-9-11/h2-5,7,9-10,20H,6,8H2,1H3. The second-order valence-electron chi connectivity index (χ2n) is 4.55. The predicted molar refractivity (Wildman–Crippen MR) is 85.8 cm³/mol. The van der Waals surface area contributed by atoms with Gasteiger partial charge in [-0.2, -0.15) is 0 Å². The molecule has 0 aliphatic rings. The molecular formula is C15H15Cl3N2. The van der Waals surface area contributed by atoms with E-state index >= 15 is 0 Å². The Bertz CT molecular complexity index is 573. The zero-order valence-electron chi connectivity index (χ0n) is 11.0. The van der Waals surface area contributed by atoms with Gasteiger partial charge < -0.3 is 5.32 Å². The number of nitrogens with one attached hydrogen (secondary N) is 1. The van der Waals surface area contributed by atoms with E-state index in [1.807, 2.05) is 18.3 Å². The van der Waals surface area contributed by atoms with Crippen LogP contribution in [0.5, 0.6) is 0 Å². The highest BCUT2D eigenvalue weighted by Crippen LogP contribution is 2.35. The van der Waals surface area contributed by atoms with Crippen LogP contribution in [0.2, 0.25) is 15.1 Å². The Kier molecular flexibility index (Phi) is 5.67. The van der Waals surface area contributed by atoms with Gasteiger partial charge in [-0.3, -0.25) is 4.98 Å². The van der Waals surface area contributed by atoms with Crippen LogP contribution in [0.25, 0.3) is 0 Å². The summed E-state index contributed by atoms with van der Waals surface area (Å²) < 4.78 is 0. The van der Waals surface area contributed by atoms with E-state index in [1.54, 1.807) is 12.3 Å². The van der Waals surface area contributed by atoms with Crippen molar-refractivity contribution in [3.63, 3.8) is 0 Å². The molecule has 1 aromatic carbocycles. The SMILES string of the molecule is CC(NCCc1cccnc1)c1ccc(Cl)c(Cl)c1Cl. The van der Waals surface area contributed by atoms with Crippen molar-refractivity contribution in [3.05, 3.63) is 62.9 Å². The Labute approximate surface area is 134 Å². The van der Waals surface area contributed by atoms with E-state index in [1.165, 1.54) is 5.56 Å². The molecule has 5 heteroatoms. The van der Waals surface area contributed by atoms with Gasteiger partial charge in [0.2, 0.25) is 0 Å². The fraction of sp³-hybridized carbons (Fsp3) is 0.267. The summed E-state index contributed by atoms with van der Waals surface area (Å²) in [5.74, 6) is 0. The Morgan fingerprint density at radius 1 is 1.15 bits per heavy atom. The lowest BCUT2D eigenvalue weighted by atomic mass is 10.1. The smallest absolute Gasteiger partial charge is 0.0781 e. The van der Waals surface area contributed by atoms with Crippen LogP contribution in [0.3, 0.4) is 0 Å². The lowest BCUT2D eigenvalue weighted by Crippen LogP contribution is -2.21. The maximum absolute atomic E-state index is 6.22. The Morgan fingerprint density at radius 2 is 1.95 bits per heavy atom. The maximum Gasteiger partial charge on any atom is 0.0781 e. The number of halogens is 3. The third-order valence-electron chi connectivity index (χ3n) is 3.12. The summed E-state index contributed by atoms with van der Waals surface area (Å²) in [4.78, 5) is 4.10. The van der Waals surface area contributed by atoms with Crippen LogP contribution >= 0.6 is 34.8 Å². The fourth-order valence-corrected chi connectivity index (χ4v) is 2.67. The molecule has 0 saturated carbocycles. The van der Waals surface area contributed by atoms with Gasteiger partial charge in [0.05, 0.1) is 15.1 Å². The van der Waals surface area contributed by atoms with Crippen LogP contribution in [0.15, 0.2) is 36.7 Å². The average Bonchev–Trinajstić information content (AvgIpc) is 2.46. The van der Waals surface area contributed by atoms with E-state index in [4.69, 9.17) is 34.8 Å². The third kappa shape index (κ3) is 3.86.